The Morgan fingerprint density at radius 2 is 2.03 bits per heavy atom. The number of aliphatic hydroxyl groups excluding tert-OH is 2. The van der Waals surface area contributed by atoms with E-state index in [2.05, 4.69) is 35.9 Å². The molecule has 13 heteroatoms. The molecule has 2 aliphatic carbocycles. The number of nitrogens with zero attached hydrogens (tertiary/aromatic N) is 7. The van der Waals surface area contributed by atoms with Gasteiger partial charge in [-0.1, -0.05) is 35.0 Å². The molecule has 12 nitrogen and oxygen atoms in total. The summed E-state index contributed by atoms with van der Waals surface area (Å²) in [5.41, 5.74) is 1.20. The minimum absolute atomic E-state index is 0.232. The van der Waals surface area contributed by atoms with Gasteiger partial charge in [0.1, 0.15) is 11.8 Å². The molecule has 3 heterocycles. The van der Waals surface area contributed by atoms with Gasteiger partial charge in [0.25, 0.3) is 5.95 Å². The minimum Gasteiger partial charge on any atom is -0.389 e. The molecule has 180 valence electrons. The van der Waals surface area contributed by atoms with Crippen molar-refractivity contribution >= 4 is 34.5 Å². The predicted octanol–water partition coefficient (Wildman–Crippen LogP) is 0.798. The van der Waals surface area contributed by atoms with Crippen LogP contribution >= 0.6 is 11.6 Å². The summed E-state index contributed by atoms with van der Waals surface area (Å²) in [6, 6.07) is 6.73. The predicted molar refractivity (Wildman–Crippen MR) is 126 cm³/mol. The van der Waals surface area contributed by atoms with Crippen molar-refractivity contribution in [3.63, 3.8) is 0 Å². The van der Waals surface area contributed by atoms with Gasteiger partial charge in [-0.15, -0.1) is 5.10 Å². The zero-order valence-electron chi connectivity index (χ0n) is 18.8. The quantitative estimate of drug-likeness (QED) is 0.314. The first-order valence-corrected chi connectivity index (χ1v) is 11.5. The summed E-state index contributed by atoms with van der Waals surface area (Å²) in [6.07, 6.45) is 1.36. The Morgan fingerprint density at radius 1 is 1.23 bits per heavy atom. The van der Waals surface area contributed by atoms with E-state index in [1.54, 1.807) is 30.2 Å². The number of fused-ring (bicyclic) bond motifs is 2. The second kappa shape index (κ2) is 7.70. The lowest BCUT2D eigenvalue weighted by Crippen LogP contribution is -2.41. The van der Waals surface area contributed by atoms with E-state index in [-0.39, 0.29) is 17.8 Å². The lowest BCUT2D eigenvalue weighted by Gasteiger charge is -2.23. The average Bonchev–Trinajstić information content (AvgIpc) is 3.14. The van der Waals surface area contributed by atoms with Crippen molar-refractivity contribution < 1.29 is 15.0 Å². The number of hydrogen-bond acceptors (Lipinski definition) is 9. The van der Waals surface area contributed by atoms with Crippen LogP contribution in [0, 0.1) is 11.3 Å². The Morgan fingerprint density at radius 3 is 2.77 bits per heavy atom. The normalized spacial score (nSPS) is 27.1. The first-order chi connectivity index (χ1) is 16.9. The van der Waals surface area contributed by atoms with E-state index in [0.717, 1.165) is 5.56 Å². The molecular weight excluding hydrogens is 474 g/mol. The molecule has 1 amide bonds. The number of aromatic nitrogens is 7. The monoisotopic (exact) mass is 495 g/mol. The van der Waals surface area contributed by atoms with E-state index in [1.165, 1.54) is 11.7 Å². The van der Waals surface area contributed by atoms with Crippen LogP contribution in [0.3, 0.4) is 0 Å². The lowest BCUT2D eigenvalue weighted by atomic mass is 9.98. The first-order valence-electron chi connectivity index (χ1n) is 11.1. The number of carbonyl (C=O) groups excluding carboxylic acids is 1. The molecule has 4 aromatic rings. The highest BCUT2D eigenvalue weighted by atomic mass is 35.5. The topological polar surface area (TPSA) is 156 Å². The SMILES string of the molecule is CNC(=O)[C@@]12C[C@@H]1[C@@H](n1cnc3c(NC)nc(-n4cc(-c5ccccc5Cl)nn4)nc31)[C@H](O)[C@@H]2O. The van der Waals surface area contributed by atoms with E-state index < -0.39 is 23.7 Å². The maximum atomic E-state index is 12.5. The smallest absolute Gasteiger partial charge is 0.256 e. The van der Waals surface area contributed by atoms with Gasteiger partial charge in [-0.2, -0.15) is 14.6 Å². The van der Waals surface area contributed by atoms with E-state index in [0.29, 0.717) is 34.1 Å². The largest absolute Gasteiger partial charge is 0.389 e. The van der Waals surface area contributed by atoms with Gasteiger partial charge in [0.2, 0.25) is 5.91 Å². The zero-order valence-corrected chi connectivity index (χ0v) is 19.5. The number of rotatable bonds is 5. The fraction of sp³-hybridized carbons (Fsp3) is 0.364. The maximum absolute atomic E-state index is 12.5. The second-order valence-electron chi connectivity index (χ2n) is 8.83. The number of amides is 1. The van der Waals surface area contributed by atoms with Crippen molar-refractivity contribution in [2.24, 2.45) is 11.3 Å². The molecule has 0 saturated heterocycles. The molecule has 2 aliphatic rings. The Bertz CT molecular complexity index is 1470. The number of halogens is 1. The Kier molecular flexibility index (Phi) is 4.82. The number of carbonyl (C=O) groups is 1. The number of anilines is 1. The third kappa shape index (κ3) is 3.00. The Hall–Kier alpha value is -3.61. The highest BCUT2D eigenvalue weighted by Crippen LogP contribution is 2.67. The van der Waals surface area contributed by atoms with Crippen molar-refractivity contribution in [3.05, 3.63) is 41.8 Å². The van der Waals surface area contributed by atoms with Crippen LogP contribution in [0.2, 0.25) is 5.02 Å². The zero-order chi connectivity index (χ0) is 24.5. The maximum Gasteiger partial charge on any atom is 0.256 e. The lowest BCUT2D eigenvalue weighted by molar-refractivity contribution is -0.132. The molecule has 0 radical (unpaired) electrons. The van der Waals surface area contributed by atoms with Crippen molar-refractivity contribution in [1.82, 2.24) is 39.8 Å². The summed E-state index contributed by atoms with van der Waals surface area (Å²) in [6.45, 7) is 0. The summed E-state index contributed by atoms with van der Waals surface area (Å²) in [5, 5.41) is 36.2. The third-order valence-electron chi connectivity index (χ3n) is 7.14. The molecule has 3 aromatic heterocycles. The van der Waals surface area contributed by atoms with Crippen LogP contribution in [0.1, 0.15) is 12.5 Å². The number of benzene rings is 1. The molecule has 2 saturated carbocycles. The minimum atomic E-state index is -1.19. The number of imidazole rings is 1. The van der Waals surface area contributed by atoms with Gasteiger partial charge in [-0.25, -0.2) is 4.98 Å². The van der Waals surface area contributed by atoms with E-state index in [4.69, 9.17) is 11.6 Å². The van der Waals surface area contributed by atoms with Gasteiger partial charge in [-0.05, 0) is 12.5 Å². The number of aliphatic hydroxyl groups is 2. The van der Waals surface area contributed by atoms with Crippen LogP contribution in [0.5, 0.6) is 0 Å². The van der Waals surface area contributed by atoms with Crippen molar-refractivity contribution in [2.75, 3.05) is 19.4 Å². The summed E-state index contributed by atoms with van der Waals surface area (Å²) in [4.78, 5) is 26.2. The van der Waals surface area contributed by atoms with Crippen LogP contribution in [-0.4, -0.2) is 76.9 Å². The molecule has 5 atom stereocenters. The van der Waals surface area contributed by atoms with Gasteiger partial charge in [0.15, 0.2) is 17.0 Å². The van der Waals surface area contributed by atoms with Crippen LogP contribution in [0.25, 0.3) is 28.4 Å². The van der Waals surface area contributed by atoms with Crippen molar-refractivity contribution in [3.8, 4) is 17.2 Å². The summed E-state index contributed by atoms with van der Waals surface area (Å²) < 4.78 is 3.14. The fourth-order valence-corrected chi connectivity index (χ4v) is 5.57. The summed E-state index contributed by atoms with van der Waals surface area (Å²) in [5.74, 6) is 0.164. The fourth-order valence-electron chi connectivity index (χ4n) is 5.34. The first kappa shape index (κ1) is 21.9. The van der Waals surface area contributed by atoms with Crippen LogP contribution in [0.4, 0.5) is 5.82 Å². The molecule has 0 aliphatic heterocycles. The number of nitrogens with one attached hydrogen (secondary N) is 2. The molecule has 6 rings (SSSR count). The van der Waals surface area contributed by atoms with Gasteiger partial charge in [0, 0.05) is 25.6 Å². The molecule has 0 spiro atoms. The molecule has 35 heavy (non-hydrogen) atoms. The van der Waals surface area contributed by atoms with E-state index in [1.807, 2.05) is 18.2 Å². The highest BCUT2D eigenvalue weighted by Gasteiger charge is 2.75. The summed E-state index contributed by atoms with van der Waals surface area (Å²) in [7, 11) is 3.24. The highest BCUT2D eigenvalue weighted by molar-refractivity contribution is 6.33. The van der Waals surface area contributed by atoms with Crippen LogP contribution < -0.4 is 10.6 Å². The molecule has 0 bridgehead atoms. The summed E-state index contributed by atoms with van der Waals surface area (Å²) >= 11 is 6.30. The average molecular weight is 496 g/mol. The molecule has 1 aromatic carbocycles. The second-order valence-corrected chi connectivity index (χ2v) is 9.24. The molecule has 0 unspecified atom stereocenters. The van der Waals surface area contributed by atoms with E-state index in [9.17, 15) is 15.0 Å². The van der Waals surface area contributed by atoms with Gasteiger partial charge in [0.05, 0.1) is 35.1 Å². The molecule has 4 N–H and O–H groups in total. The van der Waals surface area contributed by atoms with Gasteiger partial charge in [-0.3, -0.25) is 4.79 Å². The standard InChI is InChI=1S/C22H22ClN9O3/c1-24-18-14-19(28-21(27-18)32-8-13(29-30-32)10-5-3-4-6-12(10)23)31(9-26-14)15-11-7-22(11,20(35)25-2)17(34)16(15)33/h3-6,8-9,11,15-17,33-34H,7H2,1-2H3,(H,25,35)(H,24,27,28)/t11-,15-,16+,17+,22+/m1/s1. The van der Waals surface area contributed by atoms with Crippen molar-refractivity contribution in [2.45, 2.75) is 24.7 Å². The molecule has 2 fully saturated rings. The Labute approximate surface area is 204 Å². The van der Waals surface area contributed by atoms with Crippen LogP contribution in [-0.2, 0) is 4.79 Å². The number of hydrogen-bond donors (Lipinski definition) is 4. The van der Waals surface area contributed by atoms with E-state index >= 15 is 0 Å². The van der Waals surface area contributed by atoms with Gasteiger partial charge >= 0.3 is 0 Å². The third-order valence-corrected chi connectivity index (χ3v) is 7.47. The van der Waals surface area contributed by atoms with Crippen molar-refractivity contribution in [1.29, 1.82) is 0 Å². The van der Waals surface area contributed by atoms with Crippen LogP contribution in [0.15, 0.2) is 36.8 Å². The Balaban J connectivity index is 1.44. The molecular formula is C22H22ClN9O3. The van der Waals surface area contributed by atoms with Gasteiger partial charge < -0.3 is 25.4 Å².